The summed E-state index contributed by atoms with van der Waals surface area (Å²) in [4.78, 5) is 12.3. The highest BCUT2D eigenvalue weighted by atomic mass is 16.6. The third-order valence-corrected chi connectivity index (χ3v) is 1.75. The van der Waals surface area contributed by atoms with Gasteiger partial charge in [-0.1, -0.05) is 0 Å². The van der Waals surface area contributed by atoms with E-state index in [1.807, 2.05) is 0 Å². The number of carbonyl (C=O) groups excluding carboxylic acids is 1. The summed E-state index contributed by atoms with van der Waals surface area (Å²) in [5.74, 6) is 0. The first kappa shape index (κ1) is 5.09. The summed E-state index contributed by atoms with van der Waals surface area (Å²) in [6, 6.07) is 0. The highest BCUT2D eigenvalue weighted by Gasteiger charge is 2.41. The molecule has 0 saturated carbocycles. The molecule has 0 N–H and O–H groups in total. The zero-order chi connectivity index (χ0) is 6.27. The molecule has 2 saturated heterocycles. The Morgan fingerprint density at radius 1 is 1.44 bits per heavy atom. The van der Waals surface area contributed by atoms with Gasteiger partial charge < -0.3 is 4.74 Å². The van der Waals surface area contributed by atoms with Crippen molar-refractivity contribution in [2.45, 2.75) is 19.3 Å². The Morgan fingerprint density at radius 3 is 2.89 bits per heavy atom. The van der Waals surface area contributed by atoms with E-state index in [0.29, 0.717) is 0 Å². The Balaban J connectivity index is 2.01. The molecule has 1 amide bonds. The average molecular weight is 126 g/mol. The zero-order valence-corrected chi connectivity index (χ0v) is 5.09. The number of fused-ring (bicyclic) bond motifs is 1. The van der Waals surface area contributed by atoms with E-state index in [1.165, 1.54) is 6.42 Å². The molecule has 3 nitrogen and oxygen atoms in total. The monoisotopic (exact) mass is 126 g/mol. The van der Waals surface area contributed by atoms with Crippen LogP contribution in [0.15, 0.2) is 0 Å². The third-order valence-electron chi connectivity index (χ3n) is 1.75. The molecular formula is C6H8NO2. The first-order valence-corrected chi connectivity index (χ1v) is 3.23. The Hall–Kier alpha value is -0.730. The molecule has 3 heteroatoms. The van der Waals surface area contributed by atoms with Crippen LogP contribution in [0.1, 0.15) is 19.3 Å². The lowest BCUT2D eigenvalue weighted by molar-refractivity contribution is -0.0327. The molecule has 2 heterocycles. The topological polar surface area (TPSA) is 29.5 Å². The van der Waals surface area contributed by atoms with E-state index in [0.717, 1.165) is 25.6 Å². The maximum absolute atomic E-state index is 10.5. The molecule has 0 aromatic rings. The third kappa shape index (κ3) is 0.605. The Morgan fingerprint density at radius 2 is 2.33 bits per heavy atom. The number of amides is 1. The van der Waals surface area contributed by atoms with Gasteiger partial charge in [0.25, 0.3) is 6.23 Å². The standard InChI is InChI=1S/C6H8NO2/c8-6-7-4-2-1-3-5(7)9-6/h1-4H2. The molecule has 2 aliphatic rings. The van der Waals surface area contributed by atoms with Crippen LogP contribution in [0, 0.1) is 6.23 Å². The molecule has 49 valence electrons. The van der Waals surface area contributed by atoms with Crippen LogP contribution in [0.2, 0.25) is 0 Å². The summed E-state index contributed by atoms with van der Waals surface area (Å²) < 4.78 is 4.75. The number of nitrogens with zero attached hydrogens (tertiary/aromatic N) is 1. The van der Waals surface area contributed by atoms with Crippen molar-refractivity contribution in [2.24, 2.45) is 0 Å². The van der Waals surface area contributed by atoms with Gasteiger partial charge in [0, 0.05) is 13.0 Å². The molecule has 1 radical (unpaired) electrons. The van der Waals surface area contributed by atoms with Crippen molar-refractivity contribution < 1.29 is 9.53 Å². The van der Waals surface area contributed by atoms with Gasteiger partial charge >= 0.3 is 6.09 Å². The summed E-state index contributed by atoms with van der Waals surface area (Å²) in [5.41, 5.74) is 0. The van der Waals surface area contributed by atoms with Crippen molar-refractivity contribution in [3.05, 3.63) is 6.23 Å². The Labute approximate surface area is 53.6 Å². The van der Waals surface area contributed by atoms with Gasteiger partial charge in [0.15, 0.2) is 0 Å². The molecule has 0 aliphatic carbocycles. The molecular weight excluding hydrogens is 118 g/mol. The molecule has 0 unspecified atom stereocenters. The summed E-state index contributed by atoms with van der Waals surface area (Å²) in [5, 5.41) is 0. The lowest BCUT2D eigenvalue weighted by Gasteiger charge is -2.40. The van der Waals surface area contributed by atoms with Gasteiger partial charge in [0.1, 0.15) is 0 Å². The largest absolute Gasteiger partial charge is 0.416 e. The van der Waals surface area contributed by atoms with E-state index in [4.69, 9.17) is 4.74 Å². The van der Waals surface area contributed by atoms with Crippen LogP contribution in [0.25, 0.3) is 0 Å². The molecule has 0 aromatic heterocycles. The van der Waals surface area contributed by atoms with Gasteiger partial charge in [-0.2, -0.15) is 0 Å². The molecule has 2 aliphatic heterocycles. The van der Waals surface area contributed by atoms with Crippen LogP contribution in [-0.2, 0) is 4.74 Å². The number of carbonyl (C=O) groups is 1. The van der Waals surface area contributed by atoms with Crippen molar-refractivity contribution in [1.82, 2.24) is 4.90 Å². The minimum absolute atomic E-state index is 0.162. The van der Waals surface area contributed by atoms with Crippen LogP contribution in [0.4, 0.5) is 4.79 Å². The Kier molecular flexibility index (Phi) is 0.917. The minimum Gasteiger partial charge on any atom is -0.416 e. The van der Waals surface area contributed by atoms with Crippen molar-refractivity contribution in [3.8, 4) is 0 Å². The van der Waals surface area contributed by atoms with Crippen LogP contribution < -0.4 is 0 Å². The van der Waals surface area contributed by atoms with Crippen LogP contribution in [0.3, 0.4) is 0 Å². The highest BCUT2D eigenvalue weighted by Crippen LogP contribution is 2.32. The second-order valence-corrected chi connectivity index (χ2v) is 2.37. The summed E-state index contributed by atoms with van der Waals surface area (Å²) >= 11 is 0. The van der Waals surface area contributed by atoms with Crippen LogP contribution >= 0.6 is 0 Å². The van der Waals surface area contributed by atoms with Crippen molar-refractivity contribution in [3.63, 3.8) is 0 Å². The fraction of sp³-hybridized carbons (Fsp3) is 0.667. The molecule has 2 rings (SSSR count). The van der Waals surface area contributed by atoms with E-state index in [9.17, 15) is 4.79 Å². The fourth-order valence-electron chi connectivity index (χ4n) is 1.22. The molecule has 0 spiro atoms. The van der Waals surface area contributed by atoms with Gasteiger partial charge in [0.2, 0.25) is 0 Å². The van der Waals surface area contributed by atoms with Crippen molar-refractivity contribution in [2.75, 3.05) is 6.54 Å². The van der Waals surface area contributed by atoms with Gasteiger partial charge in [-0.25, -0.2) is 4.79 Å². The molecule has 0 aromatic carbocycles. The van der Waals surface area contributed by atoms with Crippen LogP contribution in [-0.4, -0.2) is 17.5 Å². The molecule has 2 fully saturated rings. The predicted octanol–water partition coefficient (Wildman–Crippen LogP) is 1.11. The van der Waals surface area contributed by atoms with Gasteiger partial charge in [-0.15, -0.1) is 0 Å². The Bertz CT molecular complexity index is 146. The molecule has 0 bridgehead atoms. The number of hydrogen-bond donors (Lipinski definition) is 0. The lowest BCUT2D eigenvalue weighted by Crippen LogP contribution is -2.50. The number of hydrogen-bond acceptors (Lipinski definition) is 2. The van der Waals surface area contributed by atoms with E-state index in [1.54, 1.807) is 4.90 Å². The van der Waals surface area contributed by atoms with Gasteiger partial charge in [-0.3, -0.25) is 4.90 Å². The second kappa shape index (κ2) is 1.62. The van der Waals surface area contributed by atoms with Crippen molar-refractivity contribution >= 4 is 6.09 Å². The maximum atomic E-state index is 10.5. The van der Waals surface area contributed by atoms with E-state index < -0.39 is 0 Å². The predicted molar refractivity (Wildman–Crippen MR) is 30.3 cm³/mol. The smallest absolute Gasteiger partial charge is 0.415 e. The molecule has 0 atom stereocenters. The van der Waals surface area contributed by atoms with Gasteiger partial charge in [0.05, 0.1) is 0 Å². The maximum Gasteiger partial charge on any atom is 0.415 e. The van der Waals surface area contributed by atoms with Crippen LogP contribution in [0.5, 0.6) is 0 Å². The first-order valence-electron chi connectivity index (χ1n) is 3.23. The number of rotatable bonds is 0. The van der Waals surface area contributed by atoms with Gasteiger partial charge in [-0.05, 0) is 12.8 Å². The number of ether oxygens (including phenoxy) is 1. The average Bonchev–Trinajstić information content (AvgIpc) is 1.86. The van der Waals surface area contributed by atoms with E-state index >= 15 is 0 Å². The number of piperidine rings is 1. The summed E-state index contributed by atoms with van der Waals surface area (Å²) in [6.45, 7) is 0.869. The summed E-state index contributed by atoms with van der Waals surface area (Å²) in [6.07, 6.45) is 3.96. The van der Waals surface area contributed by atoms with Crippen molar-refractivity contribution in [1.29, 1.82) is 0 Å². The highest BCUT2D eigenvalue weighted by molar-refractivity contribution is 5.75. The fourth-order valence-corrected chi connectivity index (χ4v) is 1.22. The zero-order valence-electron chi connectivity index (χ0n) is 5.09. The SMILES string of the molecule is O=C1O[C]2CCCCN21. The molecule has 9 heavy (non-hydrogen) atoms. The second-order valence-electron chi connectivity index (χ2n) is 2.37. The van der Waals surface area contributed by atoms with E-state index in [-0.39, 0.29) is 6.09 Å². The summed E-state index contributed by atoms with van der Waals surface area (Å²) in [7, 11) is 0. The first-order chi connectivity index (χ1) is 4.38. The minimum atomic E-state index is -0.162. The normalized spacial score (nSPS) is 26.7. The lowest BCUT2D eigenvalue weighted by atomic mass is 10.1. The quantitative estimate of drug-likeness (QED) is 0.486. The van der Waals surface area contributed by atoms with E-state index in [2.05, 4.69) is 0 Å².